The van der Waals surface area contributed by atoms with Crippen molar-refractivity contribution in [2.24, 2.45) is 11.8 Å². The zero-order chi connectivity index (χ0) is 39.9. The molecule has 0 saturated carbocycles. The molecule has 0 rings (SSSR count). The smallest absolute Gasteiger partial charge is 0.0164 e. The maximum absolute atomic E-state index is 3.86. The number of hydrogen-bond acceptors (Lipinski definition) is 0. The van der Waals surface area contributed by atoms with E-state index in [-0.39, 0.29) is 0 Å². The summed E-state index contributed by atoms with van der Waals surface area (Å²) < 4.78 is 0. The second-order valence-electron chi connectivity index (χ2n) is 15.0. The highest BCUT2D eigenvalue weighted by Gasteiger charge is 1.95. The van der Waals surface area contributed by atoms with Crippen LogP contribution in [0.2, 0.25) is 0 Å². The minimum Gasteiger partial charge on any atom is -0.103 e. The largest absolute Gasteiger partial charge is 0.103 e. The van der Waals surface area contributed by atoms with Crippen LogP contribution >= 0.6 is 0 Å². The van der Waals surface area contributed by atoms with Gasteiger partial charge in [0, 0.05) is 0 Å². The van der Waals surface area contributed by atoms with Crippen LogP contribution in [-0.2, 0) is 0 Å². The lowest BCUT2D eigenvalue weighted by Crippen LogP contribution is -1.88. The average molecular weight is 691 g/mol. The van der Waals surface area contributed by atoms with Crippen LogP contribution in [0.3, 0.4) is 0 Å². The molecule has 0 spiro atoms. The van der Waals surface area contributed by atoms with Gasteiger partial charge in [-0.05, 0) is 165 Å². The van der Waals surface area contributed by atoms with Crippen LogP contribution in [0.15, 0.2) is 120 Å². The summed E-state index contributed by atoms with van der Waals surface area (Å²) in [5, 5.41) is 0. The molecule has 1 atom stereocenters. The number of hydrogen-bond donors (Lipinski definition) is 0. The molecule has 0 aromatic heterocycles. The summed E-state index contributed by atoms with van der Waals surface area (Å²) in [5.74, 6) is 1.48. The van der Waals surface area contributed by atoms with Crippen molar-refractivity contribution in [2.75, 3.05) is 0 Å². The summed E-state index contributed by atoms with van der Waals surface area (Å²) >= 11 is 0. The third-order valence-electron chi connectivity index (χ3n) is 8.04. The van der Waals surface area contributed by atoms with Gasteiger partial charge in [-0.2, -0.15) is 0 Å². The lowest BCUT2D eigenvalue weighted by atomic mass is 10.0. The fourth-order valence-corrected chi connectivity index (χ4v) is 3.73. The fourth-order valence-electron chi connectivity index (χ4n) is 3.73. The third kappa shape index (κ3) is 64.0. The van der Waals surface area contributed by atoms with Gasteiger partial charge in [0.05, 0.1) is 0 Å². The van der Waals surface area contributed by atoms with E-state index in [1.54, 1.807) is 0 Å². The van der Waals surface area contributed by atoms with Crippen LogP contribution in [0.1, 0.15) is 187 Å². The van der Waals surface area contributed by atoms with Gasteiger partial charge in [0.25, 0.3) is 0 Å². The van der Waals surface area contributed by atoms with Crippen LogP contribution in [-0.4, -0.2) is 0 Å². The van der Waals surface area contributed by atoms with Crippen LogP contribution in [0.5, 0.6) is 0 Å². The molecular formula is C50H90. The van der Waals surface area contributed by atoms with E-state index in [1.807, 2.05) is 12.2 Å². The maximum Gasteiger partial charge on any atom is -0.0164 e. The van der Waals surface area contributed by atoms with E-state index in [9.17, 15) is 0 Å². The van der Waals surface area contributed by atoms with Gasteiger partial charge in [-0.25, -0.2) is 0 Å². The van der Waals surface area contributed by atoms with Gasteiger partial charge in [0.1, 0.15) is 0 Å². The summed E-state index contributed by atoms with van der Waals surface area (Å²) in [6.07, 6.45) is 30.7. The highest BCUT2D eigenvalue weighted by atomic mass is 14.0. The molecule has 0 bridgehead atoms. The molecule has 0 heterocycles. The Hall–Kier alpha value is -2.60. The summed E-state index contributed by atoms with van der Waals surface area (Å²) in [6.45, 7) is 51.3. The first kappa shape index (κ1) is 56.8. The summed E-state index contributed by atoms with van der Waals surface area (Å²) in [7, 11) is 0. The Morgan fingerprint density at radius 3 is 1.46 bits per heavy atom. The molecule has 0 nitrogen and oxygen atoms in total. The molecule has 0 heteroatoms. The zero-order valence-corrected chi connectivity index (χ0v) is 36.9. The van der Waals surface area contributed by atoms with Crippen LogP contribution < -0.4 is 0 Å². The Balaban J connectivity index is -0.000000169. The second-order valence-corrected chi connectivity index (χ2v) is 15.0. The fraction of sp³-hybridized carbons (Fsp3) is 0.600. The lowest BCUT2D eigenvalue weighted by Gasteiger charge is -2.03. The van der Waals surface area contributed by atoms with Crippen molar-refractivity contribution in [1.82, 2.24) is 0 Å². The molecule has 1 unspecified atom stereocenters. The van der Waals surface area contributed by atoms with E-state index in [0.717, 1.165) is 31.6 Å². The molecule has 0 aliphatic rings. The highest BCUT2D eigenvalue weighted by Crippen LogP contribution is 2.12. The van der Waals surface area contributed by atoms with E-state index in [1.165, 1.54) is 102 Å². The zero-order valence-electron chi connectivity index (χ0n) is 36.9. The molecule has 0 aliphatic heterocycles. The van der Waals surface area contributed by atoms with E-state index in [0.29, 0.717) is 5.92 Å². The topological polar surface area (TPSA) is 0 Å². The van der Waals surface area contributed by atoms with Crippen molar-refractivity contribution < 1.29 is 0 Å². The molecule has 0 fully saturated rings. The van der Waals surface area contributed by atoms with E-state index in [2.05, 4.69) is 167 Å². The lowest BCUT2D eigenvalue weighted by molar-refractivity contribution is 0.593. The molecule has 0 radical (unpaired) electrons. The van der Waals surface area contributed by atoms with Crippen molar-refractivity contribution >= 4 is 0 Å². The molecular weight excluding hydrogens is 601 g/mol. The Morgan fingerprint density at radius 1 is 0.560 bits per heavy atom. The van der Waals surface area contributed by atoms with E-state index >= 15 is 0 Å². The Labute approximate surface area is 318 Å². The van der Waals surface area contributed by atoms with Gasteiger partial charge < -0.3 is 0 Å². The number of allylic oxidation sites excluding steroid dienone is 15. The molecule has 0 aromatic carbocycles. The Morgan fingerprint density at radius 2 is 1.06 bits per heavy atom. The third-order valence-corrected chi connectivity index (χ3v) is 8.04. The first-order valence-corrected chi connectivity index (χ1v) is 19.7. The molecule has 0 amide bonds. The molecule has 50 heavy (non-hydrogen) atoms. The second kappa shape index (κ2) is 42.6. The molecule has 0 saturated heterocycles. The van der Waals surface area contributed by atoms with Gasteiger partial charge >= 0.3 is 0 Å². The van der Waals surface area contributed by atoms with Crippen molar-refractivity contribution in [3.63, 3.8) is 0 Å². The predicted molar refractivity (Wildman–Crippen MR) is 240 cm³/mol. The quantitative estimate of drug-likeness (QED) is 0.0881. The SMILES string of the molecule is C=C(C)CC/C=C(\C)CC.C=C(C)CCC/C(C)=C/C.C=C/C(C)=C/CCC(C)C.C=CC(C)CCCC(=C)C.CC/C(C)=C/CC=C(C)C. The molecule has 0 aliphatic carbocycles. The molecule has 290 valence electrons. The molecule has 0 aromatic rings. The first-order valence-electron chi connectivity index (χ1n) is 19.7. The van der Waals surface area contributed by atoms with Crippen molar-refractivity contribution in [3.05, 3.63) is 120 Å². The Kier molecular flexibility index (Phi) is 48.3. The minimum absolute atomic E-state index is 0.666. The van der Waals surface area contributed by atoms with Crippen LogP contribution in [0.25, 0.3) is 0 Å². The van der Waals surface area contributed by atoms with Crippen molar-refractivity contribution in [3.8, 4) is 0 Å². The summed E-state index contributed by atoms with van der Waals surface area (Å²) in [4.78, 5) is 0. The Bertz CT molecular complexity index is 1010. The van der Waals surface area contributed by atoms with Gasteiger partial charge in [0.2, 0.25) is 0 Å². The molecule has 0 N–H and O–H groups in total. The highest BCUT2D eigenvalue weighted by molar-refractivity contribution is 5.12. The van der Waals surface area contributed by atoms with Crippen LogP contribution in [0.4, 0.5) is 0 Å². The standard InChI is InChI=1S/5C10H18/c5*1-5-10(4)8-6-7-9(2)3/h7-8H,5-6H2,1-4H3;8H,2,5-7H2,1,3-4H3;5H,2,6-8H2,1,3-4H3;5,8-9H,1,6-7H2,2-4H3;5,10H,1-2,6-8H2,3-4H3/b2*10-8+;10-5+;10-8+;. The van der Waals surface area contributed by atoms with Gasteiger partial charge in [-0.15, -0.1) is 26.3 Å². The summed E-state index contributed by atoms with van der Waals surface area (Å²) in [6, 6.07) is 0. The minimum atomic E-state index is 0.666. The van der Waals surface area contributed by atoms with Gasteiger partial charge in [-0.3, -0.25) is 0 Å². The summed E-state index contributed by atoms with van der Waals surface area (Å²) in [5.41, 5.74) is 11.0. The maximum atomic E-state index is 3.86. The van der Waals surface area contributed by atoms with E-state index in [4.69, 9.17) is 0 Å². The van der Waals surface area contributed by atoms with Gasteiger partial charge in [-0.1, -0.05) is 128 Å². The van der Waals surface area contributed by atoms with Crippen LogP contribution in [0, 0.1) is 11.8 Å². The normalized spacial score (nSPS) is 11.9. The average Bonchev–Trinajstić information content (AvgIpc) is 3.04. The first-order chi connectivity index (χ1) is 23.3. The van der Waals surface area contributed by atoms with Crippen molar-refractivity contribution in [2.45, 2.75) is 187 Å². The monoisotopic (exact) mass is 691 g/mol. The van der Waals surface area contributed by atoms with E-state index < -0.39 is 0 Å². The van der Waals surface area contributed by atoms with Crippen molar-refractivity contribution in [1.29, 1.82) is 0 Å². The predicted octanol–water partition coefficient (Wildman–Crippen LogP) is 18.2. The number of rotatable bonds is 20. The van der Waals surface area contributed by atoms with Gasteiger partial charge in [0.15, 0.2) is 0 Å².